The molecule has 1 aromatic heterocycles. The molecule has 5 heteroatoms. The van der Waals surface area contributed by atoms with E-state index in [1.165, 1.54) is 0 Å². The molecule has 0 aromatic carbocycles. The number of hydrogen-bond donors (Lipinski definition) is 1. The number of amides is 1. The summed E-state index contributed by atoms with van der Waals surface area (Å²) < 4.78 is 2.76. The van der Waals surface area contributed by atoms with Gasteiger partial charge in [0.2, 0.25) is 0 Å². The number of nitrogens with zero attached hydrogens (tertiary/aromatic N) is 2. The van der Waals surface area contributed by atoms with Crippen LogP contribution in [0.2, 0.25) is 0 Å². The van der Waals surface area contributed by atoms with Gasteiger partial charge in [-0.15, -0.1) is 0 Å². The third kappa shape index (κ3) is 3.65. The molecule has 0 aliphatic carbocycles. The summed E-state index contributed by atoms with van der Waals surface area (Å²) in [6.07, 6.45) is 3.93. The molecule has 4 nitrogen and oxygen atoms in total. The highest BCUT2D eigenvalue weighted by Crippen LogP contribution is 1.95. The fraction of sp³-hybridized carbons (Fsp3) is 0.556. The quantitative estimate of drug-likeness (QED) is 0.507. The van der Waals surface area contributed by atoms with Gasteiger partial charge in [0.25, 0.3) is 5.91 Å². The van der Waals surface area contributed by atoms with E-state index in [1.807, 2.05) is 0 Å². The molecule has 1 amide bonds. The van der Waals surface area contributed by atoms with Crippen molar-refractivity contribution in [3.8, 4) is 0 Å². The molecule has 0 unspecified atom stereocenters. The number of halogens is 1. The van der Waals surface area contributed by atoms with Crippen molar-refractivity contribution in [3.05, 3.63) is 18.0 Å². The lowest BCUT2D eigenvalue weighted by atomic mass is 10.3. The van der Waals surface area contributed by atoms with Gasteiger partial charge in [-0.05, 0) is 23.3 Å². The summed E-state index contributed by atoms with van der Waals surface area (Å²) in [5.74, 6) is -0.0842. The second kappa shape index (κ2) is 6.00. The van der Waals surface area contributed by atoms with Crippen LogP contribution in [0.1, 0.15) is 23.3 Å². The van der Waals surface area contributed by atoms with E-state index in [0.29, 0.717) is 5.69 Å². The fourth-order valence-corrected chi connectivity index (χ4v) is 1.59. The Hall–Kier alpha value is -0.590. The van der Waals surface area contributed by atoms with Gasteiger partial charge in [-0.3, -0.25) is 9.48 Å². The van der Waals surface area contributed by atoms with Crippen molar-refractivity contribution in [1.82, 2.24) is 15.1 Å². The number of carbonyl (C=O) groups excluding carboxylic acids is 1. The first-order valence-corrected chi connectivity index (χ1v) is 6.10. The molecule has 0 saturated carbocycles. The Kier molecular flexibility index (Phi) is 4.92. The maximum Gasteiger partial charge on any atom is 0.271 e. The Balaban J connectivity index is 2.29. The van der Waals surface area contributed by atoms with Gasteiger partial charge in [-0.25, -0.2) is 0 Å². The molecular weight excluding hydrogens is 293 g/mol. The molecule has 0 aliphatic rings. The van der Waals surface area contributed by atoms with E-state index in [9.17, 15) is 4.79 Å². The molecule has 1 rings (SSSR count). The topological polar surface area (TPSA) is 46.9 Å². The van der Waals surface area contributed by atoms with Gasteiger partial charge in [0.1, 0.15) is 5.69 Å². The summed E-state index contributed by atoms with van der Waals surface area (Å²) in [6, 6.07) is 1.72. The summed E-state index contributed by atoms with van der Waals surface area (Å²) >= 11 is 2.33. The Labute approximate surface area is 97.2 Å². The van der Waals surface area contributed by atoms with E-state index in [1.54, 1.807) is 24.0 Å². The fourth-order valence-electron chi connectivity index (χ4n) is 1.05. The van der Waals surface area contributed by atoms with E-state index in [4.69, 9.17) is 0 Å². The number of aryl methyl sites for hydroxylation is 1. The number of nitrogens with one attached hydrogen (secondary N) is 1. The lowest BCUT2D eigenvalue weighted by Gasteiger charge is -2.01. The predicted molar refractivity (Wildman–Crippen MR) is 63.7 cm³/mol. The molecule has 0 spiro atoms. The molecule has 0 aliphatic heterocycles. The van der Waals surface area contributed by atoms with Crippen LogP contribution in [0.3, 0.4) is 0 Å². The number of aromatic nitrogens is 2. The van der Waals surface area contributed by atoms with E-state index >= 15 is 0 Å². The molecule has 0 radical (unpaired) electrons. The van der Waals surface area contributed by atoms with Crippen molar-refractivity contribution in [3.63, 3.8) is 0 Å². The van der Waals surface area contributed by atoms with Crippen LogP contribution in [0.25, 0.3) is 0 Å². The summed E-state index contributed by atoms with van der Waals surface area (Å²) in [4.78, 5) is 11.4. The molecular formula is C9H14IN3O. The zero-order valence-corrected chi connectivity index (χ0v) is 10.3. The summed E-state index contributed by atoms with van der Waals surface area (Å²) in [5.41, 5.74) is 0.488. The smallest absolute Gasteiger partial charge is 0.271 e. The maximum absolute atomic E-state index is 11.4. The average molecular weight is 307 g/mol. The van der Waals surface area contributed by atoms with Crippen LogP contribution in [0, 0.1) is 0 Å². The highest BCUT2D eigenvalue weighted by atomic mass is 127. The Morgan fingerprint density at radius 2 is 2.43 bits per heavy atom. The SMILES string of the molecule is Cn1ccc(C(=O)NCCCCI)n1. The van der Waals surface area contributed by atoms with Crippen molar-refractivity contribution < 1.29 is 4.79 Å². The van der Waals surface area contributed by atoms with Gasteiger partial charge >= 0.3 is 0 Å². The molecule has 0 fully saturated rings. The molecule has 0 atom stereocenters. The van der Waals surface area contributed by atoms with Crippen LogP contribution in [0.5, 0.6) is 0 Å². The predicted octanol–water partition coefficient (Wildman–Crippen LogP) is 1.37. The third-order valence-corrected chi connectivity index (χ3v) is 2.56. The summed E-state index contributed by atoms with van der Waals surface area (Å²) in [5, 5.41) is 6.84. The van der Waals surface area contributed by atoms with Gasteiger partial charge in [0, 0.05) is 19.8 Å². The lowest BCUT2D eigenvalue weighted by molar-refractivity contribution is 0.0947. The first-order valence-electron chi connectivity index (χ1n) is 4.58. The Morgan fingerprint density at radius 1 is 1.64 bits per heavy atom. The molecule has 0 saturated heterocycles. The highest BCUT2D eigenvalue weighted by molar-refractivity contribution is 14.1. The van der Waals surface area contributed by atoms with Crippen LogP contribution < -0.4 is 5.32 Å². The van der Waals surface area contributed by atoms with Crippen LogP contribution >= 0.6 is 22.6 Å². The molecule has 1 aromatic rings. The minimum absolute atomic E-state index is 0.0842. The number of rotatable bonds is 5. The highest BCUT2D eigenvalue weighted by Gasteiger charge is 2.06. The van der Waals surface area contributed by atoms with Crippen LogP contribution in [-0.2, 0) is 7.05 Å². The second-order valence-electron chi connectivity index (χ2n) is 3.03. The van der Waals surface area contributed by atoms with Gasteiger partial charge in [-0.1, -0.05) is 22.6 Å². The summed E-state index contributed by atoms with van der Waals surface area (Å²) in [7, 11) is 1.80. The van der Waals surface area contributed by atoms with Crippen molar-refractivity contribution >= 4 is 28.5 Å². The molecule has 0 bridgehead atoms. The van der Waals surface area contributed by atoms with Gasteiger partial charge in [0.15, 0.2) is 0 Å². The van der Waals surface area contributed by atoms with E-state index < -0.39 is 0 Å². The molecule has 78 valence electrons. The minimum Gasteiger partial charge on any atom is -0.351 e. The number of unbranched alkanes of at least 4 members (excludes halogenated alkanes) is 1. The maximum atomic E-state index is 11.4. The van der Waals surface area contributed by atoms with Crippen LogP contribution in [-0.4, -0.2) is 26.7 Å². The largest absolute Gasteiger partial charge is 0.351 e. The third-order valence-electron chi connectivity index (χ3n) is 1.79. The number of carbonyl (C=O) groups is 1. The minimum atomic E-state index is -0.0842. The molecule has 14 heavy (non-hydrogen) atoms. The zero-order chi connectivity index (χ0) is 10.4. The first-order chi connectivity index (χ1) is 6.74. The number of hydrogen-bond acceptors (Lipinski definition) is 2. The van der Waals surface area contributed by atoms with E-state index in [0.717, 1.165) is 23.8 Å². The number of alkyl halides is 1. The normalized spacial score (nSPS) is 10.1. The van der Waals surface area contributed by atoms with Gasteiger partial charge in [0.05, 0.1) is 0 Å². The molecule has 1 heterocycles. The van der Waals surface area contributed by atoms with Crippen molar-refractivity contribution in [2.45, 2.75) is 12.8 Å². The Morgan fingerprint density at radius 3 is 3.00 bits per heavy atom. The summed E-state index contributed by atoms with van der Waals surface area (Å²) in [6.45, 7) is 0.735. The first kappa shape index (κ1) is 11.5. The average Bonchev–Trinajstić information content (AvgIpc) is 2.59. The second-order valence-corrected chi connectivity index (χ2v) is 4.11. The lowest BCUT2D eigenvalue weighted by Crippen LogP contribution is -2.25. The van der Waals surface area contributed by atoms with Gasteiger partial charge in [-0.2, -0.15) is 5.10 Å². The molecule has 1 N–H and O–H groups in total. The Bertz CT molecular complexity index is 298. The standard InChI is InChI=1S/C9H14IN3O/c1-13-7-4-8(12-13)9(14)11-6-3-2-5-10/h4,7H,2-3,5-6H2,1H3,(H,11,14). The van der Waals surface area contributed by atoms with E-state index in [2.05, 4.69) is 33.0 Å². The van der Waals surface area contributed by atoms with Crippen molar-refractivity contribution in [2.24, 2.45) is 7.05 Å². The van der Waals surface area contributed by atoms with Gasteiger partial charge < -0.3 is 5.32 Å². The zero-order valence-electron chi connectivity index (χ0n) is 8.16. The van der Waals surface area contributed by atoms with Crippen LogP contribution in [0.15, 0.2) is 12.3 Å². The monoisotopic (exact) mass is 307 g/mol. The van der Waals surface area contributed by atoms with Crippen LogP contribution in [0.4, 0.5) is 0 Å². The van der Waals surface area contributed by atoms with E-state index in [-0.39, 0.29) is 5.91 Å². The van der Waals surface area contributed by atoms with Crippen molar-refractivity contribution in [1.29, 1.82) is 0 Å². The van der Waals surface area contributed by atoms with Crippen molar-refractivity contribution in [2.75, 3.05) is 11.0 Å².